The number of aromatic nitrogens is 2. The minimum Gasteiger partial charge on any atom is -0.339 e. The Kier molecular flexibility index (Phi) is 5.27. The van der Waals surface area contributed by atoms with Gasteiger partial charge < -0.3 is 5.32 Å². The lowest BCUT2D eigenvalue weighted by molar-refractivity contribution is -0.137. The van der Waals surface area contributed by atoms with Crippen LogP contribution in [0.1, 0.15) is 51.1 Å². The fourth-order valence-corrected chi connectivity index (χ4v) is 4.72. The van der Waals surface area contributed by atoms with E-state index >= 15 is 0 Å². The number of benzene rings is 1. The van der Waals surface area contributed by atoms with E-state index in [0.717, 1.165) is 37.9 Å². The molecule has 1 N–H and O–H groups in total. The molecule has 1 aliphatic carbocycles. The highest BCUT2D eigenvalue weighted by molar-refractivity contribution is 5.56. The summed E-state index contributed by atoms with van der Waals surface area (Å²) in [5, 5.41) is 17.4. The lowest BCUT2D eigenvalue weighted by Gasteiger charge is -2.54. The minimum atomic E-state index is -4.35. The summed E-state index contributed by atoms with van der Waals surface area (Å²) in [5.41, 5.74) is 0.0773. The molecule has 3 atom stereocenters. The summed E-state index contributed by atoms with van der Waals surface area (Å²) in [4.78, 5) is 2.52. The van der Waals surface area contributed by atoms with Crippen LogP contribution in [-0.4, -0.2) is 32.8 Å². The quantitative estimate of drug-likeness (QED) is 0.727. The van der Waals surface area contributed by atoms with Crippen molar-refractivity contribution in [3.05, 3.63) is 42.1 Å². The first-order chi connectivity index (χ1) is 14.2. The van der Waals surface area contributed by atoms with Gasteiger partial charge >= 0.3 is 6.18 Å². The molecule has 160 valence electrons. The van der Waals surface area contributed by atoms with Crippen molar-refractivity contribution in [3.8, 4) is 6.07 Å². The van der Waals surface area contributed by atoms with Gasteiger partial charge in [-0.15, -0.1) is 0 Å². The molecule has 5 nitrogen and oxygen atoms in total. The van der Waals surface area contributed by atoms with Crippen molar-refractivity contribution in [2.45, 2.75) is 63.3 Å². The maximum Gasteiger partial charge on any atom is 0.416 e. The first kappa shape index (κ1) is 20.7. The summed E-state index contributed by atoms with van der Waals surface area (Å²) in [6, 6.07) is 9.59. The average molecular weight is 417 g/mol. The molecule has 0 amide bonds. The SMILES string of the molecule is CC1(C)CCN1C1CCC(n2ccc(Nc3ccc(C(F)(F)F)cc3)n2)C(C#N)C1. The van der Waals surface area contributed by atoms with Crippen LogP contribution in [0, 0.1) is 17.2 Å². The van der Waals surface area contributed by atoms with Gasteiger partial charge in [-0.05, 0) is 63.8 Å². The summed E-state index contributed by atoms with van der Waals surface area (Å²) in [7, 11) is 0. The molecule has 2 fully saturated rings. The predicted molar refractivity (Wildman–Crippen MR) is 108 cm³/mol. The number of rotatable bonds is 4. The number of anilines is 2. The number of likely N-dealkylation sites (tertiary alicyclic amines) is 1. The normalized spacial score (nSPS) is 26.6. The fourth-order valence-electron chi connectivity index (χ4n) is 4.72. The Morgan fingerprint density at radius 2 is 1.90 bits per heavy atom. The lowest BCUT2D eigenvalue weighted by atomic mass is 9.77. The van der Waals surface area contributed by atoms with Crippen LogP contribution in [-0.2, 0) is 6.18 Å². The van der Waals surface area contributed by atoms with Crippen LogP contribution in [0.2, 0.25) is 0 Å². The van der Waals surface area contributed by atoms with Gasteiger partial charge in [-0.25, -0.2) is 0 Å². The van der Waals surface area contributed by atoms with Crippen LogP contribution in [0.4, 0.5) is 24.7 Å². The second-order valence-electron chi connectivity index (χ2n) is 8.91. The predicted octanol–water partition coefficient (Wildman–Crippen LogP) is 5.36. The van der Waals surface area contributed by atoms with Gasteiger partial charge in [0.1, 0.15) is 0 Å². The van der Waals surface area contributed by atoms with Crippen molar-refractivity contribution in [1.82, 2.24) is 14.7 Å². The van der Waals surface area contributed by atoms with E-state index < -0.39 is 11.7 Å². The standard InChI is InChI=1S/C22H26F3N5/c1-21(2)10-12-29(21)18-7-8-19(15(13-18)14-26)30-11-9-20(28-30)27-17-5-3-16(4-6-17)22(23,24)25/h3-6,9,11,15,18-19H,7-8,10,12-13H2,1-2H3,(H,27,28). The van der Waals surface area contributed by atoms with E-state index in [4.69, 9.17) is 0 Å². The molecule has 1 aromatic carbocycles. The van der Waals surface area contributed by atoms with Crippen molar-refractivity contribution in [2.75, 3.05) is 11.9 Å². The van der Waals surface area contributed by atoms with Gasteiger partial charge in [-0.2, -0.15) is 23.5 Å². The largest absolute Gasteiger partial charge is 0.416 e. The molecular weight excluding hydrogens is 391 g/mol. The van der Waals surface area contributed by atoms with Crippen molar-refractivity contribution >= 4 is 11.5 Å². The highest BCUT2D eigenvalue weighted by Crippen LogP contribution is 2.41. The molecule has 0 bridgehead atoms. The molecule has 2 aromatic rings. The summed E-state index contributed by atoms with van der Waals surface area (Å²) in [6.07, 6.45) is 1.45. The van der Waals surface area contributed by atoms with Gasteiger partial charge in [0, 0.05) is 36.1 Å². The van der Waals surface area contributed by atoms with Crippen LogP contribution in [0.5, 0.6) is 0 Å². The average Bonchev–Trinajstić information content (AvgIpc) is 3.15. The summed E-state index contributed by atoms with van der Waals surface area (Å²) < 4.78 is 40.0. The molecule has 8 heteroatoms. The van der Waals surface area contributed by atoms with Crippen molar-refractivity contribution in [1.29, 1.82) is 5.26 Å². The van der Waals surface area contributed by atoms with E-state index in [1.165, 1.54) is 18.6 Å². The number of halogens is 3. The molecule has 1 aromatic heterocycles. The Hall–Kier alpha value is -2.53. The zero-order valence-electron chi connectivity index (χ0n) is 17.2. The van der Waals surface area contributed by atoms with E-state index in [-0.39, 0.29) is 17.5 Å². The third-order valence-corrected chi connectivity index (χ3v) is 6.57. The number of hydrogen-bond acceptors (Lipinski definition) is 4. The van der Waals surface area contributed by atoms with E-state index in [1.54, 1.807) is 6.07 Å². The van der Waals surface area contributed by atoms with E-state index in [2.05, 4.69) is 35.2 Å². The van der Waals surface area contributed by atoms with E-state index in [9.17, 15) is 18.4 Å². The maximum absolute atomic E-state index is 12.7. The highest BCUT2D eigenvalue weighted by atomic mass is 19.4. The first-order valence-electron chi connectivity index (χ1n) is 10.3. The van der Waals surface area contributed by atoms with Crippen LogP contribution >= 0.6 is 0 Å². The van der Waals surface area contributed by atoms with Gasteiger partial charge in [0.05, 0.1) is 23.6 Å². The third-order valence-electron chi connectivity index (χ3n) is 6.57. The molecule has 30 heavy (non-hydrogen) atoms. The smallest absolute Gasteiger partial charge is 0.339 e. The molecule has 3 unspecified atom stereocenters. The minimum absolute atomic E-state index is 0.0128. The van der Waals surface area contributed by atoms with Gasteiger partial charge in [0.2, 0.25) is 0 Å². The number of nitrogens with zero attached hydrogens (tertiary/aromatic N) is 4. The molecule has 2 heterocycles. The Morgan fingerprint density at radius 1 is 1.17 bits per heavy atom. The van der Waals surface area contributed by atoms with E-state index in [1.807, 2.05) is 10.9 Å². The van der Waals surface area contributed by atoms with Gasteiger partial charge in [-0.1, -0.05) is 0 Å². The van der Waals surface area contributed by atoms with Gasteiger partial charge in [-0.3, -0.25) is 9.58 Å². The molecule has 1 saturated heterocycles. The Morgan fingerprint density at radius 3 is 2.47 bits per heavy atom. The van der Waals surface area contributed by atoms with Crippen molar-refractivity contribution < 1.29 is 13.2 Å². The lowest BCUT2D eigenvalue weighted by Crippen LogP contribution is -2.61. The second kappa shape index (κ2) is 7.62. The molecule has 1 saturated carbocycles. The van der Waals surface area contributed by atoms with Crippen LogP contribution in [0.25, 0.3) is 0 Å². The van der Waals surface area contributed by atoms with Gasteiger partial charge in [0.15, 0.2) is 5.82 Å². The topological polar surface area (TPSA) is 56.9 Å². The molecule has 1 aliphatic heterocycles. The zero-order valence-corrected chi connectivity index (χ0v) is 17.2. The highest BCUT2D eigenvalue weighted by Gasteiger charge is 2.44. The molecule has 2 aliphatic rings. The Bertz CT molecular complexity index is 925. The number of nitrogens with one attached hydrogen (secondary N) is 1. The maximum atomic E-state index is 12.7. The number of alkyl halides is 3. The molecule has 0 radical (unpaired) electrons. The first-order valence-corrected chi connectivity index (χ1v) is 10.3. The molecule has 0 spiro atoms. The Labute approximate surface area is 174 Å². The van der Waals surface area contributed by atoms with Crippen LogP contribution in [0.15, 0.2) is 36.5 Å². The van der Waals surface area contributed by atoms with Gasteiger partial charge in [0.25, 0.3) is 0 Å². The third kappa shape index (κ3) is 4.04. The molecular formula is C22H26F3N5. The summed E-state index contributed by atoms with van der Waals surface area (Å²) >= 11 is 0. The van der Waals surface area contributed by atoms with Crippen LogP contribution < -0.4 is 5.32 Å². The Balaban J connectivity index is 1.42. The second-order valence-corrected chi connectivity index (χ2v) is 8.91. The van der Waals surface area contributed by atoms with Crippen LogP contribution in [0.3, 0.4) is 0 Å². The summed E-state index contributed by atoms with van der Waals surface area (Å²) in [5.74, 6) is 0.441. The van der Waals surface area contributed by atoms with Crippen molar-refractivity contribution in [2.24, 2.45) is 5.92 Å². The number of nitriles is 1. The zero-order chi connectivity index (χ0) is 21.5. The number of hydrogen-bond donors (Lipinski definition) is 1. The monoisotopic (exact) mass is 417 g/mol. The molecule has 4 rings (SSSR count). The van der Waals surface area contributed by atoms with E-state index in [0.29, 0.717) is 17.5 Å². The van der Waals surface area contributed by atoms with Crippen molar-refractivity contribution in [3.63, 3.8) is 0 Å². The summed E-state index contributed by atoms with van der Waals surface area (Å²) in [6.45, 7) is 5.62. The fraction of sp³-hybridized carbons (Fsp3) is 0.545.